The lowest BCUT2D eigenvalue weighted by Crippen LogP contribution is -2.05. The fourth-order valence-electron chi connectivity index (χ4n) is 1.97. The molecule has 2 aromatic rings. The molecular weight excluding hydrogens is 260 g/mol. The van der Waals surface area contributed by atoms with Crippen LogP contribution in [0.25, 0.3) is 11.1 Å². The summed E-state index contributed by atoms with van der Waals surface area (Å²) in [6, 6.07) is 7.48. The Hall–Kier alpha value is -2.01. The molecule has 5 heteroatoms. The van der Waals surface area contributed by atoms with Crippen LogP contribution in [0.15, 0.2) is 24.3 Å². The van der Waals surface area contributed by atoms with E-state index in [1.807, 2.05) is 31.2 Å². The molecule has 2 rings (SSSR count). The van der Waals surface area contributed by atoms with Gasteiger partial charge in [-0.05, 0) is 31.2 Å². The van der Waals surface area contributed by atoms with Gasteiger partial charge in [-0.1, -0.05) is 0 Å². The summed E-state index contributed by atoms with van der Waals surface area (Å²) in [5.41, 5.74) is 8.54. The molecule has 100 valence electrons. The third kappa shape index (κ3) is 2.88. The zero-order valence-electron chi connectivity index (χ0n) is 11.1. The Morgan fingerprint density at radius 3 is 2.58 bits per heavy atom. The number of nitrogens with one attached hydrogen (secondary N) is 1. The molecule has 4 nitrogen and oxygen atoms in total. The summed E-state index contributed by atoms with van der Waals surface area (Å²) in [4.78, 5) is 12.2. The van der Waals surface area contributed by atoms with Crippen LogP contribution >= 0.6 is 11.3 Å². The number of hydrogen-bond acceptors (Lipinski definition) is 4. The molecule has 0 aliphatic carbocycles. The second-order valence-electron chi connectivity index (χ2n) is 4.21. The van der Waals surface area contributed by atoms with Crippen molar-refractivity contribution in [3.05, 3.63) is 29.1 Å². The van der Waals surface area contributed by atoms with Crippen LogP contribution in [0.4, 0.5) is 10.7 Å². The van der Waals surface area contributed by atoms with Crippen molar-refractivity contribution in [3.8, 4) is 16.9 Å². The first-order valence-corrected chi connectivity index (χ1v) is 6.65. The predicted molar refractivity (Wildman–Crippen MR) is 79.8 cm³/mol. The zero-order chi connectivity index (χ0) is 14.0. The van der Waals surface area contributed by atoms with Crippen LogP contribution < -0.4 is 15.8 Å². The van der Waals surface area contributed by atoms with Gasteiger partial charge < -0.3 is 15.8 Å². The highest BCUT2D eigenvalue weighted by atomic mass is 32.1. The van der Waals surface area contributed by atoms with E-state index in [2.05, 4.69) is 5.32 Å². The van der Waals surface area contributed by atoms with Crippen LogP contribution in [0.3, 0.4) is 0 Å². The van der Waals surface area contributed by atoms with Gasteiger partial charge in [-0.3, -0.25) is 4.79 Å². The van der Waals surface area contributed by atoms with Gasteiger partial charge in [0.2, 0.25) is 5.91 Å². The number of rotatable bonds is 3. The summed E-state index contributed by atoms with van der Waals surface area (Å²) in [7, 11) is 1.63. The van der Waals surface area contributed by atoms with Gasteiger partial charge in [0.25, 0.3) is 0 Å². The largest absolute Gasteiger partial charge is 0.496 e. The van der Waals surface area contributed by atoms with Crippen molar-refractivity contribution in [1.29, 1.82) is 0 Å². The molecule has 0 unspecified atom stereocenters. The number of carbonyl (C=O) groups excluding carboxylic acids is 1. The number of anilines is 2. The monoisotopic (exact) mass is 276 g/mol. The molecule has 0 aliphatic rings. The van der Waals surface area contributed by atoms with Gasteiger partial charge in [0.1, 0.15) is 5.75 Å². The highest BCUT2D eigenvalue weighted by molar-refractivity contribution is 7.16. The topological polar surface area (TPSA) is 64.3 Å². The maximum atomic E-state index is 11.1. The summed E-state index contributed by atoms with van der Waals surface area (Å²) < 4.78 is 5.38. The van der Waals surface area contributed by atoms with Crippen LogP contribution in [-0.2, 0) is 4.79 Å². The van der Waals surface area contributed by atoms with E-state index in [1.54, 1.807) is 7.11 Å². The SMILES string of the molecule is COc1ccc(NC(C)=O)cc1-c1cc(N)sc1C. The van der Waals surface area contributed by atoms with Gasteiger partial charge in [0.15, 0.2) is 0 Å². The number of ether oxygens (including phenoxy) is 1. The van der Waals surface area contributed by atoms with Crippen molar-refractivity contribution in [3.63, 3.8) is 0 Å². The van der Waals surface area contributed by atoms with E-state index >= 15 is 0 Å². The minimum atomic E-state index is -0.0994. The van der Waals surface area contributed by atoms with E-state index in [-0.39, 0.29) is 5.91 Å². The maximum Gasteiger partial charge on any atom is 0.221 e. The Bertz CT molecular complexity index is 620. The minimum Gasteiger partial charge on any atom is -0.496 e. The third-order valence-electron chi connectivity index (χ3n) is 2.75. The second-order valence-corrected chi connectivity index (χ2v) is 5.50. The number of nitrogen functional groups attached to an aromatic ring is 1. The normalized spacial score (nSPS) is 10.3. The van der Waals surface area contributed by atoms with Crippen molar-refractivity contribution < 1.29 is 9.53 Å². The van der Waals surface area contributed by atoms with Gasteiger partial charge >= 0.3 is 0 Å². The molecule has 19 heavy (non-hydrogen) atoms. The lowest BCUT2D eigenvalue weighted by molar-refractivity contribution is -0.114. The fraction of sp³-hybridized carbons (Fsp3) is 0.214. The number of aryl methyl sites for hydroxylation is 1. The maximum absolute atomic E-state index is 11.1. The first-order valence-electron chi connectivity index (χ1n) is 5.83. The molecule has 0 fully saturated rings. The van der Waals surface area contributed by atoms with Gasteiger partial charge in [-0.15, -0.1) is 11.3 Å². The molecule has 0 spiro atoms. The quantitative estimate of drug-likeness (QED) is 0.904. The molecular formula is C14H16N2O2S. The Kier molecular flexibility index (Phi) is 3.76. The van der Waals surface area contributed by atoms with E-state index in [0.717, 1.165) is 32.4 Å². The van der Waals surface area contributed by atoms with Crippen molar-refractivity contribution in [2.24, 2.45) is 0 Å². The molecule has 0 saturated heterocycles. The van der Waals surface area contributed by atoms with E-state index in [9.17, 15) is 4.79 Å². The number of methoxy groups -OCH3 is 1. The standard InChI is InChI=1S/C14H16N2O2S/c1-8-11(7-14(15)19-8)12-6-10(16-9(2)17)4-5-13(12)18-3/h4-7H,15H2,1-3H3,(H,16,17). The van der Waals surface area contributed by atoms with Crippen LogP contribution in [0, 0.1) is 6.92 Å². The lowest BCUT2D eigenvalue weighted by atomic mass is 10.0. The summed E-state index contributed by atoms with van der Waals surface area (Å²) in [6.45, 7) is 3.50. The molecule has 1 aromatic carbocycles. The van der Waals surface area contributed by atoms with Crippen LogP contribution in [0.2, 0.25) is 0 Å². The second kappa shape index (κ2) is 5.32. The molecule has 0 aliphatic heterocycles. The smallest absolute Gasteiger partial charge is 0.221 e. The molecule has 0 saturated carbocycles. The van der Waals surface area contributed by atoms with Gasteiger partial charge in [-0.25, -0.2) is 0 Å². The van der Waals surface area contributed by atoms with Crippen LogP contribution in [0.1, 0.15) is 11.8 Å². The van der Waals surface area contributed by atoms with E-state index < -0.39 is 0 Å². The first kappa shape index (κ1) is 13.4. The summed E-state index contributed by atoms with van der Waals surface area (Å²) in [6.07, 6.45) is 0. The van der Waals surface area contributed by atoms with E-state index in [1.165, 1.54) is 18.3 Å². The Labute approximate surface area is 116 Å². The number of nitrogens with two attached hydrogens (primary N) is 1. The summed E-state index contributed by atoms with van der Waals surface area (Å²) >= 11 is 1.54. The summed E-state index contributed by atoms with van der Waals surface area (Å²) in [5, 5.41) is 3.53. The molecule has 1 amide bonds. The number of carbonyl (C=O) groups is 1. The van der Waals surface area contributed by atoms with Crippen molar-refractivity contribution in [2.45, 2.75) is 13.8 Å². The highest BCUT2D eigenvalue weighted by Gasteiger charge is 2.12. The Morgan fingerprint density at radius 1 is 1.32 bits per heavy atom. The van der Waals surface area contributed by atoms with Gasteiger partial charge in [0, 0.05) is 28.6 Å². The van der Waals surface area contributed by atoms with E-state index in [0.29, 0.717) is 0 Å². The lowest BCUT2D eigenvalue weighted by Gasteiger charge is -2.11. The van der Waals surface area contributed by atoms with Crippen LogP contribution in [0.5, 0.6) is 5.75 Å². The molecule has 1 heterocycles. The van der Waals surface area contributed by atoms with Crippen molar-refractivity contribution >= 4 is 27.9 Å². The minimum absolute atomic E-state index is 0.0994. The fourth-order valence-corrected chi connectivity index (χ4v) is 2.78. The van der Waals surface area contributed by atoms with Crippen molar-refractivity contribution in [2.75, 3.05) is 18.2 Å². The number of benzene rings is 1. The summed E-state index contributed by atoms with van der Waals surface area (Å²) in [5.74, 6) is 0.660. The van der Waals surface area contributed by atoms with Crippen LogP contribution in [-0.4, -0.2) is 13.0 Å². The Morgan fingerprint density at radius 2 is 2.05 bits per heavy atom. The molecule has 3 N–H and O–H groups in total. The van der Waals surface area contributed by atoms with E-state index in [4.69, 9.17) is 10.5 Å². The highest BCUT2D eigenvalue weighted by Crippen LogP contribution is 2.39. The Balaban J connectivity index is 2.53. The average Bonchev–Trinajstić information content (AvgIpc) is 2.67. The number of amides is 1. The molecule has 0 radical (unpaired) electrons. The zero-order valence-corrected chi connectivity index (χ0v) is 11.9. The van der Waals surface area contributed by atoms with Crippen molar-refractivity contribution in [1.82, 2.24) is 0 Å². The third-order valence-corrected chi connectivity index (χ3v) is 3.63. The predicted octanol–water partition coefficient (Wildman–Crippen LogP) is 3.27. The molecule has 0 bridgehead atoms. The first-order chi connectivity index (χ1) is 9.01. The van der Waals surface area contributed by atoms with Gasteiger partial charge in [0.05, 0.1) is 12.1 Å². The van der Waals surface area contributed by atoms with Gasteiger partial charge in [-0.2, -0.15) is 0 Å². The number of hydrogen-bond donors (Lipinski definition) is 2. The molecule has 0 atom stereocenters. The number of thiophene rings is 1. The average molecular weight is 276 g/mol. The molecule has 1 aromatic heterocycles.